The van der Waals surface area contributed by atoms with Gasteiger partial charge in [-0.05, 0) is 39.8 Å². The lowest BCUT2D eigenvalue weighted by Crippen LogP contribution is -2.28. The molecule has 0 aromatic carbocycles. The van der Waals surface area contributed by atoms with Crippen LogP contribution in [0.4, 0.5) is 0 Å². The van der Waals surface area contributed by atoms with E-state index in [1.807, 2.05) is 39.8 Å². The third-order valence-electron chi connectivity index (χ3n) is 1.42. The molecule has 0 aliphatic rings. The van der Waals surface area contributed by atoms with Gasteiger partial charge in [-0.3, -0.25) is 4.84 Å². The zero-order valence-electron chi connectivity index (χ0n) is 8.68. The van der Waals surface area contributed by atoms with Gasteiger partial charge in [0.2, 0.25) is 0 Å². The topological polar surface area (TPSA) is 34.4 Å². The normalized spacial score (nSPS) is 12.0. The van der Waals surface area contributed by atoms with Gasteiger partial charge < -0.3 is 4.42 Å². The minimum absolute atomic E-state index is 0.165. The second-order valence-corrected chi connectivity index (χ2v) is 4.05. The fourth-order valence-corrected chi connectivity index (χ4v) is 0.904. The molecule has 1 aromatic heterocycles. The van der Waals surface area contributed by atoms with Gasteiger partial charge in [0.15, 0.2) is 0 Å². The molecule has 0 atom stereocenters. The molecule has 1 N–H and O–H groups in total. The predicted octanol–water partition coefficient (Wildman–Crippen LogP) is 2.41. The van der Waals surface area contributed by atoms with Crippen LogP contribution in [0.5, 0.6) is 0 Å². The Morgan fingerprint density at radius 1 is 1.38 bits per heavy atom. The zero-order valence-corrected chi connectivity index (χ0v) is 8.68. The number of aryl methyl sites for hydroxylation is 1. The maximum atomic E-state index is 5.36. The Bertz CT molecular complexity index is 260. The molecule has 0 unspecified atom stereocenters. The molecule has 3 nitrogen and oxygen atoms in total. The van der Waals surface area contributed by atoms with E-state index in [0.717, 1.165) is 11.5 Å². The van der Waals surface area contributed by atoms with E-state index < -0.39 is 0 Å². The summed E-state index contributed by atoms with van der Waals surface area (Å²) in [6, 6.07) is 3.88. The van der Waals surface area contributed by atoms with Gasteiger partial charge in [-0.2, -0.15) is 5.48 Å². The minimum atomic E-state index is -0.165. The molecule has 1 rings (SSSR count). The molecule has 0 amide bonds. The summed E-state index contributed by atoms with van der Waals surface area (Å²) in [6.45, 7) is 8.51. The van der Waals surface area contributed by atoms with Crippen LogP contribution in [0, 0.1) is 6.92 Å². The highest BCUT2D eigenvalue weighted by molar-refractivity contribution is 5.04. The molecule has 0 spiro atoms. The second-order valence-electron chi connectivity index (χ2n) is 4.05. The molecule has 1 heterocycles. The third kappa shape index (κ3) is 4.10. The van der Waals surface area contributed by atoms with Gasteiger partial charge in [0, 0.05) is 0 Å². The van der Waals surface area contributed by atoms with Crippen LogP contribution in [0.2, 0.25) is 0 Å². The molecule has 0 saturated carbocycles. The van der Waals surface area contributed by atoms with Crippen molar-refractivity contribution >= 4 is 0 Å². The van der Waals surface area contributed by atoms with Crippen molar-refractivity contribution in [3.05, 3.63) is 23.7 Å². The van der Waals surface area contributed by atoms with Crippen LogP contribution in [0.3, 0.4) is 0 Å². The van der Waals surface area contributed by atoms with Gasteiger partial charge in [0.1, 0.15) is 11.5 Å². The first kappa shape index (κ1) is 10.3. The maximum Gasteiger partial charge on any atom is 0.120 e. The van der Waals surface area contributed by atoms with Crippen molar-refractivity contribution in [2.24, 2.45) is 0 Å². The van der Waals surface area contributed by atoms with Gasteiger partial charge in [-0.15, -0.1) is 0 Å². The van der Waals surface area contributed by atoms with E-state index in [1.165, 1.54) is 0 Å². The molecule has 13 heavy (non-hydrogen) atoms. The number of nitrogens with one attached hydrogen (secondary N) is 1. The first-order chi connectivity index (χ1) is 5.97. The van der Waals surface area contributed by atoms with E-state index in [4.69, 9.17) is 9.25 Å². The van der Waals surface area contributed by atoms with Crippen molar-refractivity contribution in [2.75, 3.05) is 0 Å². The molecule has 0 saturated heterocycles. The lowest BCUT2D eigenvalue weighted by atomic mass is 10.2. The summed E-state index contributed by atoms with van der Waals surface area (Å²) in [6.07, 6.45) is 0. The summed E-state index contributed by atoms with van der Waals surface area (Å²) in [5.41, 5.74) is 2.70. The van der Waals surface area contributed by atoms with E-state index >= 15 is 0 Å². The van der Waals surface area contributed by atoms with Crippen molar-refractivity contribution in [3.63, 3.8) is 0 Å². The number of hydrogen-bond donors (Lipinski definition) is 1. The van der Waals surface area contributed by atoms with Gasteiger partial charge in [-0.1, -0.05) is 0 Å². The molecule has 0 aliphatic carbocycles. The van der Waals surface area contributed by atoms with Crippen LogP contribution < -0.4 is 5.48 Å². The maximum absolute atomic E-state index is 5.36. The molecule has 0 bridgehead atoms. The molecular formula is C10H17NO2. The summed E-state index contributed by atoms with van der Waals surface area (Å²) in [5, 5.41) is 0. The number of hydrogen-bond acceptors (Lipinski definition) is 3. The number of furan rings is 1. The molecule has 0 aliphatic heterocycles. The van der Waals surface area contributed by atoms with Crippen molar-refractivity contribution in [2.45, 2.75) is 39.8 Å². The molecular weight excluding hydrogens is 166 g/mol. The molecule has 74 valence electrons. The van der Waals surface area contributed by atoms with E-state index in [-0.39, 0.29) is 5.60 Å². The monoisotopic (exact) mass is 183 g/mol. The highest BCUT2D eigenvalue weighted by Gasteiger charge is 2.10. The van der Waals surface area contributed by atoms with Crippen LogP contribution in [0.15, 0.2) is 16.5 Å². The Morgan fingerprint density at radius 2 is 2.08 bits per heavy atom. The van der Waals surface area contributed by atoms with E-state index in [9.17, 15) is 0 Å². The Labute approximate surface area is 79.0 Å². The summed E-state index contributed by atoms with van der Waals surface area (Å²) in [5.74, 6) is 1.81. The van der Waals surface area contributed by atoms with Gasteiger partial charge in [-0.25, -0.2) is 0 Å². The molecule has 3 heteroatoms. The second kappa shape index (κ2) is 3.94. The first-order valence-electron chi connectivity index (χ1n) is 4.43. The van der Waals surface area contributed by atoms with Crippen molar-refractivity contribution in [3.8, 4) is 0 Å². The summed E-state index contributed by atoms with van der Waals surface area (Å²) >= 11 is 0. The van der Waals surface area contributed by atoms with Crippen LogP contribution in [-0.2, 0) is 11.4 Å². The first-order valence-corrected chi connectivity index (χ1v) is 4.43. The van der Waals surface area contributed by atoms with Crippen molar-refractivity contribution in [1.82, 2.24) is 5.48 Å². The molecule has 0 fully saturated rings. The minimum Gasteiger partial charge on any atom is -0.465 e. The summed E-state index contributed by atoms with van der Waals surface area (Å²) < 4.78 is 5.36. The molecule has 0 radical (unpaired) electrons. The summed E-state index contributed by atoms with van der Waals surface area (Å²) in [7, 11) is 0. The van der Waals surface area contributed by atoms with Gasteiger partial charge >= 0.3 is 0 Å². The van der Waals surface area contributed by atoms with E-state index in [0.29, 0.717) is 6.54 Å². The fourth-order valence-electron chi connectivity index (χ4n) is 0.904. The van der Waals surface area contributed by atoms with Crippen LogP contribution in [-0.4, -0.2) is 5.60 Å². The summed E-state index contributed by atoms with van der Waals surface area (Å²) in [4.78, 5) is 5.33. The van der Waals surface area contributed by atoms with Crippen LogP contribution in [0.25, 0.3) is 0 Å². The predicted molar refractivity (Wildman–Crippen MR) is 51.1 cm³/mol. The van der Waals surface area contributed by atoms with E-state index in [1.54, 1.807) is 0 Å². The largest absolute Gasteiger partial charge is 0.465 e. The Hall–Kier alpha value is -0.800. The van der Waals surface area contributed by atoms with Crippen molar-refractivity contribution < 1.29 is 9.25 Å². The van der Waals surface area contributed by atoms with E-state index in [2.05, 4.69) is 5.48 Å². The Kier molecular flexibility index (Phi) is 3.12. The van der Waals surface area contributed by atoms with Crippen molar-refractivity contribution in [1.29, 1.82) is 0 Å². The Balaban J connectivity index is 2.28. The molecule has 1 aromatic rings. The number of rotatable bonds is 3. The van der Waals surface area contributed by atoms with Gasteiger partial charge in [0.25, 0.3) is 0 Å². The number of hydroxylamine groups is 1. The van der Waals surface area contributed by atoms with Crippen LogP contribution in [0.1, 0.15) is 32.3 Å². The highest BCUT2D eigenvalue weighted by atomic mass is 16.7. The zero-order chi connectivity index (χ0) is 9.90. The van der Waals surface area contributed by atoms with Crippen LogP contribution >= 0.6 is 0 Å². The quantitative estimate of drug-likeness (QED) is 0.731. The van der Waals surface area contributed by atoms with Gasteiger partial charge in [0.05, 0.1) is 12.1 Å². The average molecular weight is 183 g/mol. The SMILES string of the molecule is Cc1ccc(CNOC(C)(C)C)o1. The average Bonchev–Trinajstić information content (AvgIpc) is 2.33. The standard InChI is InChI=1S/C10H17NO2/c1-8-5-6-9(12-8)7-11-13-10(2,3)4/h5-6,11H,7H2,1-4H3. The highest BCUT2D eigenvalue weighted by Crippen LogP contribution is 2.07. The lowest BCUT2D eigenvalue weighted by Gasteiger charge is -2.18. The third-order valence-corrected chi connectivity index (χ3v) is 1.42. The smallest absolute Gasteiger partial charge is 0.120 e. The lowest BCUT2D eigenvalue weighted by molar-refractivity contribution is -0.0775. The Morgan fingerprint density at radius 3 is 2.54 bits per heavy atom. The fraction of sp³-hybridized carbons (Fsp3) is 0.600.